The molecule has 1 aromatic carbocycles. The maximum atomic E-state index is 5.36. The zero-order valence-electron chi connectivity index (χ0n) is 12.2. The second-order valence-electron chi connectivity index (χ2n) is 5.39. The summed E-state index contributed by atoms with van der Waals surface area (Å²) in [6.45, 7) is 3.06. The topological polar surface area (TPSA) is 24.1 Å². The minimum atomic E-state index is 0.241. The lowest BCUT2D eigenvalue weighted by atomic mass is 9.97. The average Bonchev–Trinajstić information content (AvgIpc) is 2.49. The molecule has 108 valence electrons. The second kappa shape index (κ2) is 8.05. The summed E-state index contributed by atoms with van der Waals surface area (Å²) in [7, 11) is 0. The Labute approximate surface area is 127 Å². The van der Waals surface area contributed by atoms with E-state index in [0.717, 1.165) is 18.1 Å². The highest BCUT2D eigenvalue weighted by molar-refractivity contribution is 7.80. The molecule has 0 bridgehead atoms. The Bertz CT molecular complexity index is 453. The minimum Gasteiger partial charge on any atom is -0.362 e. The summed E-state index contributed by atoms with van der Waals surface area (Å²) in [6, 6.07) is 10.6. The zero-order chi connectivity index (χ0) is 14.2. The maximum absolute atomic E-state index is 5.36. The van der Waals surface area contributed by atoms with Crippen LogP contribution in [0.4, 0.5) is 0 Å². The molecule has 0 saturated carbocycles. The van der Waals surface area contributed by atoms with Gasteiger partial charge in [0.15, 0.2) is 5.11 Å². The first-order valence-electron chi connectivity index (χ1n) is 7.53. The van der Waals surface area contributed by atoms with Gasteiger partial charge in [-0.2, -0.15) is 0 Å². The van der Waals surface area contributed by atoms with E-state index >= 15 is 0 Å². The number of benzene rings is 1. The first-order valence-corrected chi connectivity index (χ1v) is 7.94. The molecule has 1 aromatic rings. The fourth-order valence-electron chi connectivity index (χ4n) is 2.54. The summed E-state index contributed by atoms with van der Waals surface area (Å²) in [5.41, 5.74) is 2.84. The van der Waals surface area contributed by atoms with Crippen molar-refractivity contribution in [3.05, 3.63) is 47.5 Å². The molecule has 0 spiro atoms. The van der Waals surface area contributed by atoms with E-state index in [-0.39, 0.29) is 6.04 Å². The lowest BCUT2D eigenvalue weighted by Gasteiger charge is -2.18. The summed E-state index contributed by atoms with van der Waals surface area (Å²) in [5.74, 6) is 0. The van der Waals surface area contributed by atoms with Gasteiger partial charge < -0.3 is 10.6 Å². The van der Waals surface area contributed by atoms with Gasteiger partial charge in [0.25, 0.3) is 0 Å². The van der Waals surface area contributed by atoms with Crippen LogP contribution in [0.25, 0.3) is 0 Å². The van der Waals surface area contributed by atoms with Crippen molar-refractivity contribution < 1.29 is 0 Å². The van der Waals surface area contributed by atoms with Crippen LogP contribution in [0.3, 0.4) is 0 Å². The molecular weight excluding hydrogens is 264 g/mol. The molecule has 0 heterocycles. The summed E-state index contributed by atoms with van der Waals surface area (Å²) < 4.78 is 0. The van der Waals surface area contributed by atoms with Crippen LogP contribution in [-0.2, 0) is 0 Å². The number of hydrogen-bond donors (Lipinski definition) is 2. The summed E-state index contributed by atoms with van der Waals surface area (Å²) in [5, 5.41) is 7.39. The normalized spacial score (nSPS) is 16.1. The molecule has 0 saturated heterocycles. The molecule has 2 N–H and O–H groups in total. The Morgan fingerprint density at radius 1 is 1.25 bits per heavy atom. The summed E-state index contributed by atoms with van der Waals surface area (Å²) in [6.07, 6.45) is 8.73. The third-order valence-corrected chi connectivity index (χ3v) is 4.03. The standard InChI is InChI=1S/C17H24N2S/c1-14(16-10-6-3-7-11-16)19-17(20)18-13-12-15-8-4-2-5-9-15/h3,6-8,10-11,14H,2,4-5,9,12-13H2,1H3,(H2,18,19,20). The van der Waals surface area contributed by atoms with E-state index in [9.17, 15) is 0 Å². The number of hydrogen-bond acceptors (Lipinski definition) is 1. The van der Waals surface area contributed by atoms with Gasteiger partial charge in [-0.3, -0.25) is 0 Å². The van der Waals surface area contributed by atoms with Crippen LogP contribution in [0.5, 0.6) is 0 Å². The molecule has 1 unspecified atom stereocenters. The number of nitrogens with one attached hydrogen (secondary N) is 2. The van der Waals surface area contributed by atoms with Gasteiger partial charge in [-0.05, 0) is 56.8 Å². The molecule has 20 heavy (non-hydrogen) atoms. The SMILES string of the molecule is CC(NC(=S)NCCC1=CCCCC1)c1ccccc1. The molecule has 0 aliphatic heterocycles. The number of allylic oxidation sites excluding steroid dienone is 1. The van der Waals surface area contributed by atoms with Gasteiger partial charge in [-0.1, -0.05) is 42.0 Å². The van der Waals surface area contributed by atoms with Gasteiger partial charge in [-0.15, -0.1) is 0 Å². The number of rotatable bonds is 5. The lowest BCUT2D eigenvalue weighted by Crippen LogP contribution is -2.37. The molecule has 1 aliphatic rings. The fourth-order valence-corrected chi connectivity index (χ4v) is 2.82. The highest BCUT2D eigenvalue weighted by Crippen LogP contribution is 2.19. The largest absolute Gasteiger partial charge is 0.362 e. The molecule has 1 aliphatic carbocycles. The van der Waals surface area contributed by atoms with Crippen LogP contribution in [-0.4, -0.2) is 11.7 Å². The smallest absolute Gasteiger partial charge is 0.166 e. The van der Waals surface area contributed by atoms with Crippen molar-refractivity contribution in [1.29, 1.82) is 0 Å². The van der Waals surface area contributed by atoms with E-state index in [1.54, 1.807) is 5.57 Å². The molecule has 0 aromatic heterocycles. The monoisotopic (exact) mass is 288 g/mol. The maximum Gasteiger partial charge on any atom is 0.166 e. The van der Waals surface area contributed by atoms with Crippen LogP contribution in [0.15, 0.2) is 42.0 Å². The molecule has 3 heteroatoms. The minimum absolute atomic E-state index is 0.241. The molecule has 2 rings (SSSR count). The molecular formula is C17H24N2S. The van der Waals surface area contributed by atoms with E-state index in [1.165, 1.54) is 31.2 Å². The molecule has 0 radical (unpaired) electrons. The van der Waals surface area contributed by atoms with Crippen molar-refractivity contribution >= 4 is 17.3 Å². The van der Waals surface area contributed by atoms with Crippen molar-refractivity contribution in [3.63, 3.8) is 0 Å². The van der Waals surface area contributed by atoms with Crippen LogP contribution >= 0.6 is 12.2 Å². The Morgan fingerprint density at radius 2 is 2.05 bits per heavy atom. The van der Waals surface area contributed by atoms with Crippen molar-refractivity contribution in [2.24, 2.45) is 0 Å². The first-order chi connectivity index (χ1) is 9.75. The quantitative estimate of drug-likeness (QED) is 0.630. The highest BCUT2D eigenvalue weighted by Gasteiger charge is 2.07. The van der Waals surface area contributed by atoms with Gasteiger partial charge >= 0.3 is 0 Å². The van der Waals surface area contributed by atoms with E-state index in [2.05, 4.69) is 47.9 Å². The Hall–Kier alpha value is -1.35. The van der Waals surface area contributed by atoms with Gasteiger partial charge in [-0.25, -0.2) is 0 Å². The Morgan fingerprint density at radius 3 is 2.75 bits per heavy atom. The summed E-state index contributed by atoms with van der Waals surface area (Å²) >= 11 is 5.36. The van der Waals surface area contributed by atoms with E-state index in [4.69, 9.17) is 12.2 Å². The van der Waals surface area contributed by atoms with Crippen LogP contribution in [0, 0.1) is 0 Å². The fraction of sp³-hybridized carbons (Fsp3) is 0.471. The van der Waals surface area contributed by atoms with E-state index in [1.807, 2.05) is 6.07 Å². The highest BCUT2D eigenvalue weighted by atomic mass is 32.1. The van der Waals surface area contributed by atoms with Crippen LogP contribution < -0.4 is 10.6 Å². The average molecular weight is 288 g/mol. The van der Waals surface area contributed by atoms with E-state index in [0.29, 0.717) is 0 Å². The van der Waals surface area contributed by atoms with Gasteiger partial charge in [0.2, 0.25) is 0 Å². The molecule has 0 amide bonds. The molecule has 2 nitrogen and oxygen atoms in total. The Balaban J connectivity index is 1.69. The third kappa shape index (κ3) is 4.97. The van der Waals surface area contributed by atoms with Gasteiger partial charge in [0.05, 0.1) is 6.04 Å². The molecule has 0 fully saturated rings. The number of thiocarbonyl (C=S) groups is 1. The third-order valence-electron chi connectivity index (χ3n) is 3.76. The van der Waals surface area contributed by atoms with Gasteiger partial charge in [0, 0.05) is 6.54 Å². The van der Waals surface area contributed by atoms with Crippen LogP contribution in [0.1, 0.15) is 50.6 Å². The van der Waals surface area contributed by atoms with Crippen molar-refractivity contribution in [2.75, 3.05) is 6.54 Å². The van der Waals surface area contributed by atoms with Gasteiger partial charge in [0.1, 0.15) is 0 Å². The van der Waals surface area contributed by atoms with Crippen molar-refractivity contribution in [3.8, 4) is 0 Å². The summed E-state index contributed by atoms with van der Waals surface area (Å²) in [4.78, 5) is 0. The second-order valence-corrected chi connectivity index (χ2v) is 5.80. The Kier molecular flexibility index (Phi) is 6.06. The van der Waals surface area contributed by atoms with Crippen molar-refractivity contribution in [2.45, 2.75) is 45.1 Å². The van der Waals surface area contributed by atoms with Crippen molar-refractivity contribution in [1.82, 2.24) is 10.6 Å². The predicted octanol–water partition coefficient (Wildman–Crippen LogP) is 4.10. The predicted molar refractivity (Wildman–Crippen MR) is 89.8 cm³/mol. The van der Waals surface area contributed by atoms with E-state index < -0.39 is 0 Å². The zero-order valence-corrected chi connectivity index (χ0v) is 13.0. The lowest BCUT2D eigenvalue weighted by molar-refractivity contribution is 0.659. The first kappa shape index (κ1) is 15.0. The molecule has 1 atom stereocenters. The van der Waals surface area contributed by atoms with Crippen LogP contribution in [0.2, 0.25) is 0 Å².